The lowest BCUT2D eigenvalue weighted by atomic mass is 9.84. The fourth-order valence-electron chi connectivity index (χ4n) is 3.77. The van der Waals surface area contributed by atoms with Crippen molar-refractivity contribution >= 4 is 28.9 Å². The summed E-state index contributed by atoms with van der Waals surface area (Å²) in [5.41, 5.74) is 5.73. The van der Waals surface area contributed by atoms with Gasteiger partial charge in [0.15, 0.2) is 5.13 Å². The molecule has 1 aromatic rings. The molecule has 2 aliphatic rings. The summed E-state index contributed by atoms with van der Waals surface area (Å²) >= 11 is 1.65. The molecule has 20 heavy (non-hydrogen) atoms. The minimum absolute atomic E-state index is 0. The lowest BCUT2D eigenvalue weighted by Gasteiger charge is -2.29. The molecule has 3 nitrogen and oxygen atoms in total. The molecule has 114 valence electrons. The third-order valence-electron chi connectivity index (χ3n) is 4.76. The number of halogens is 1. The van der Waals surface area contributed by atoms with Crippen LogP contribution in [0.5, 0.6) is 0 Å². The Balaban J connectivity index is 0.00000147. The molecule has 0 amide bonds. The standard InChI is InChI=1S/C15H25N3S.ClH/c16-15-17-10-14(19-15)11-18-8-4-7-13(18)9-12-5-2-1-3-6-12;/h10,12-13H,1-9,11H2,(H2,16,17);1H. The molecule has 3 rings (SSSR count). The summed E-state index contributed by atoms with van der Waals surface area (Å²) in [6, 6.07) is 0.812. The van der Waals surface area contributed by atoms with Crippen molar-refractivity contribution in [3.05, 3.63) is 11.1 Å². The van der Waals surface area contributed by atoms with E-state index in [0.717, 1.165) is 18.5 Å². The van der Waals surface area contributed by atoms with E-state index in [1.54, 1.807) is 11.3 Å². The van der Waals surface area contributed by atoms with Crippen LogP contribution in [0, 0.1) is 5.92 Å². The Kier molecular flexibility index (Phi) is 6.12. The topological polar surface area (TPSA) is 42.1 Å². The van der Waals surface area contributed by atoms with Crippen molar-refractivity contribution in [2.24, 2.45) is 5.92 Å². The lowest BCUT2D eigenvalue weighted by Crippen LogP contribution is -2.31. The zero-order valence-electron chi connectivity index (χ0n) is 12.1. The van der Waals surface area contributed by atoms with Gasteiger partial charge in [-0.25, -0.2) is 4.98 Å². The average Bonchev–Trinajstić information content (AvgIpc) is 3.01. The van der Waals surface area contributed by atoms with Crippen LogP contribution in [0.3, 0.4) is 0 Å². The maximum atomic E-state index is 5.73. The van der Waals surface area contributed by atoms with Gasteiger partial charge in [0.2, 0.25) is 0 Å². The summed E-state index contributed by atoms with van der Waals surface area (Å²) in [6.45, 7) is 2.32. The largest absolute Gasteiger partial charge is 0.375 e. The van der Waals surface area contributed by atoms with Gasteiger partial charge in [0.1, 0.15) is 0 Å². The van der Waals surface area contributed by atoms with Crippen LogP contribution in [0.2, 0.25) is 0 Å². The molecule has 1 unspecified atom stereocenters. The van der Waals surface area contributed by atoms with Crippen molar-refractivity contribution in [3.8, 4) is 0 Å². The van der Waals surface area contributed by atoms with Crippen LogP contribution in [0.25, 0.3) is 0 Å². The summed E-state index contributed by atoms with van der Waals surface area (Å²) in [5.74, 6) is 0.992. The van der Waals surface area contributed by atoms with E-state index in [9.17, 15) is 0 Å². The lowest BCUT2D eigenvalue weighted by molar-refractivity contribution is 0.193. The van der Waals surface area contributed by atoms with Crippen LogP contribution in [-0.4, -0.2) is 22.5 Å². The van der Waals surface area contributed by atoms with Gasteiger partial charge in [-0.05, 0) is 31.7 Å². The molecule has 2 N–H and O–H groups in total. The maximum Gasteiger partial charge on any atom is 0.180 e. The molecule has 2 fully saturated rings. The van der Waals surface area contributed by atoms with Gasteiger partial charge in [0.05, 0.1) is 0 Å². The number of hydrogen-bond donors (Lipinski definition) is 1. The highest BCUT2D eigenvalue weighted by atomic mass is 35.5. The molecule has 1 aliphatic heterocycles. The molecule has 1 aromatic heterocycles. The third kappa shape index (κ3) is 4.09. The number of anilines is 1. The number of rotatable bonds is 4. The first-order chi connectivity index (χ1) is 9.31. The van der Waals surface area contributed by atoms with E-state index in [-0.39, 0.29) is 12.4 Å². The molecule has 0 spiro atoms. The highest BCUT2D eigenvalue weighted by Gasteiger charge is 2.28. The van der Waals surface area contributed by atoms with Crippen LogP contribution >= 0.6 is 23.7 Å². The van der Waals surface area contributed by atoms with Crippen LogP contribution in [-0.2, 0) is 6.54 Å². The smallest absolute Gasteiger partial charge is 0.180 e. The van der Waals surface area contributed by atoms with Gasteiger partial charge in [0, 0.05) is 23.7 Å². The Morgan fingerprint density at radius 1 is 1.20 bits per heavy atom. The molecular formula is C15H26ClN3S. The second kappa shape index (κ2) is 7.62. The second-order valence-corrected chi connectivity index (χ2v) is 7.32. The Morgan fingerprint density at radius 3 is 2.70 bits per heavy atom. The quantitative estimate of drug-likeness (QED) is 0.910. The number of nitrogen functional groups attached to an aromatic ring is 1. The molecule has 0 aromatic carbocycles. The van der Waals surface area contributed by atoms with Crippen molar-refractivity contribution < 1.29 is 0 Å². The van der Waals surface area contributed by atoms with Gasteiger partial charge in [-0.1, -0.05) is 32.1 Å². The van der Waals surface area contributed by atoms with Crippen molar-refractivity contribution in [3.63, 3.8) is 0 Å². The molecule has 1 atom stereocenters. The number of hydrogen-bond acceptors (Lipinski definition) is 4. The van der Waals surface area contributed by atoms with Crippen LogP contribution in [0.15, 0.2) is 6.20 Å². The molecule has 2 heterocycles. The van der Waals surface area contributed by atoms with Gasteiger partial charge in [-0.3, -0.25) is 4.90 Å². The average molecular weight is 316 g/mol. The van der Waals surface area contributed by atoms with Gasteiger partial charge < -0.3 is 5.73 Å². The minimum atomic E-state index is 0. The first kappa shape index (κ1) is 16.1. The zero-order chi connectivity index (χ0) is 13.1. The van der Waals surface area contributed by atoms with Gasteiger partial charge in [0.25, 0.3) is 0 Å². The van der Waals surface area contributed by atoms with E-state index in [4.69, 9.17) is 5.73 Å². The molecule has 5 heteroatoms. The fraction of sp³-hybridized carbons (Fsp3) is 0.800. The summed E-state index contributed by atoms with van der Waals surface area (Å²) < 4.78 is 0. The molecule has 0 radical (unpaired) electrons. The molecular weight excluding hydrogens is 290 g/mol. The number of thiazole rings is 1. The summed E-state index contributed by atoms with van der Waals surface area (Å²) in [5, 5.41) is 0.707. The van der Waals surface area contributed by atoms with Gasteiger partial charge >= 0.3 is 0 Å². The number of nitrogens with zero attached hydrogens (tertiary/aromatic N) is 2. The Bertz CT molecular complexity index is 404. The van der Waals surface area contributed by atoms with E-state index >= 15 is 0 Å². The number of nitrogens with two attached hydrogens (primary N) is 1. The fourth-order valence-corrected chi connectivity index (χ4v) is 4.48. The second-order valence-electron chi connectivity index (χ2n) is 6.17. The number of likely N-dealkylation sites (tertiary alicyclic amines) is 1. The Hall–Kier alpha value is -0.320. The Morgan fingerprint density at radius 2 is 2.00 bits per heavy atom. The van der Waals surface area contributed by atoms with E-state index < -0.39 is 0 Å². The van der Waals surface area contributed by atoms with E-state index in [0.29, 0.717) is 5.13 Å². The van der Waals surface area contributed by atoms with E-state index in [2.05, 4.69) is 9.88 Å². The monoisotopic (exact) mass is 315 g/mol. The first-order valence-corrected chi connectivity index (χ1v) is 8.57. The SMILES string of the molecule is Cl.Nc1ncc(CN2CCCC2CC2CCCCC2)s1. The van der Waals surface area contributed by atoms with Crippen LogP contribution in [0.1, 0.15) is 56.2 Å². The normalized spacial score (nSPS) is 24.7. The van der Waals surface area contributed by atoms with Crippen molar-refractivity contribution in [2.75, 3.05) is 12.3 Å². The van der Waals surface area contributed by atoms with Gasteiger partial charge in [-0.15, -0.1) is 23.7 Å². The minimum Gasteiger partial charge on any atom is -0.375 e. The highest BCUT2D eigenvalue weighted by molar-refractivity contribution is 7.15. The maximum absolute atomic E-state index is 5.73. The Labute approximate surface area is 132 Å². The van der Waals surface area contributed by atoms with Crippen molar-refractivity contribution in [2.45, 2.75) is 64.0 Å². The van der Waals surface area contributed by atoms with Crippen LogP contribution in [0.4, 0.5) is 5.13 Å². The van der Waals surface area contributed by atoms with Crippen molar-refractivity contribution in [1.82, 2.24) is 9.88 Å². The zero-order valence-corrected chi connectivity index (χ0v) is 13.7. The van der Waals surface area contributed by atoms with Crippen LogP contribution < -0.4 is 5.73 Å². The molecule has 1 saturated carbocycles. The molecule has 1 aliphatic carbocycles. The molecule has 1 saturated heterocycles. The summed E-state index contributed by atoms with van der Waals surface area (Å²) in [4.78, 5) is 8.16. The molecule has 0 bridgehead atoms. The van der Waals surface area contributed by atoms with Gasteiger partial charge in [-0.2, -0.15) is 0 Å². The van der Waals surface area contributed by atoms with Crippen molar-refractivity contribution in [1.29, 1.82) is 0 Å². The third-order valence-corrected chi connectivity index (χ3v) is 5.57. The van der Waals surface area contributed by atoms with E-state index in [1.807, 2.05) is 6.20 Å². The summed E-state index contributed by atoms with van der Waals surface area (Å²) in [6.07, 6.45) is 13.5. The summed E-state index contributed by atoms with van der Waals surface area (Å²) in [7, 11) is 0. The predicted octanol–water partition coefficient (Wildman–Crippen LogP) is 4.08. The predicted molar refractivity (Wildman–Crippen MR) is 88.4 cm³/mol. The number of aromatic nitrogens is 1. The first-order valence-electron chi connectivity index (χ1n) is 7.75. The highest BCUT2D eigenvalue weighted by Crippen LogP contribution is 2.33. The van der Waals surface area contributed by atoms with E-state index in [1.165, 1.54) is 62.8 Å².